The predicted octanol–water partition coefficient (Wildman–Crippen LogP) is 2.05. The first-order valence-corrected chi connectivity index (χ1v) is 7.73. The Morgan fingerprint density at radius 3 is 3.05 bits per heavy atom. The fourth-order valence-electron chi connectivity index (χ4n) is 1.96. The van der Waals surface area contributed by atoms with E-state index >= 15 is 0 Å². The molecule has 0 aliphatic rings. The predicted molar refractivity (Wildman–Crippen MR) is 82.3 cm³/mol. The number of rotatable bonds is 8. The molecule has 114 valence electrons. The summed E-state index contributed by atoms with van der Waals surface area (Å²) in [5.74, 6) is 0.553. The number of carbonyl (C=O) groups is 1. The van der Waals surface area contributed by atoms with Gasteiger partial charge >= 0.3 is 0 Å². The van der Waals surface area contributed by atoms with E-state index in [4.69, 9.17) is 9.52 Å². The van der Waals surface area contributed by atoms with E-state index in [0.717, 1.165) is 13.0 Å². The van der Waals surface area contributed by atoms with Crippen LogP contribution in [-0.2, 0) is 4.79 Å². The number of furan rings is 1. The third kappa shape index (κ3) is 4.66. The molecule has 1 amide bonds. The monoisotopic (exact) mass is 309 g/mol. The van der Waals surface area contributed by atoms with Crippen molar-refractivity contribution < 1.29 is 14.3 Å². The first kappa shape index (κ1) is 15.7. The van der Waals surface area contributed by atoms with Gasteiger partial charge in [-0.15, -0.1) is 11.3 Å². The van der Waals surface area contributed by atoms with E-state index < -0.39 is 0 Å². The standard InChI is InChI=1S/C14H19N3O3S/c1-2-5-17(6-7-18)9-13(19)16-14-15-11(10-21-14)12-4-3-8-20-12/h3-4,8,10,18H,2,5-7,9H2,1H3,(H,15,16,19). The van der Waals surface area contributed by atoms with Crippen LogP contribution in [0.25, 0.3) is 11.5 Å². The van der Waals surface area contributed by atoms with Gasteiger partial charge in [-0.2, -0.15) is 0 Å². The smallest absolute Gasteiger partial charge is 0.240 e. The van der Waals surface area contributed by atoms with Crippen molar-refractivity contribution in [2.24, 2.45) is 0 Å². The Bertz CT molecular complexity index is 548. The Morgan fingerprint density at radius 1 is 1.52 bits per heavy atom. The maximum absolute atomic E-state index is 12.0. The van der Waals surface area contributed by atoms with Gasteiger partial charge in [-0.1, -0.05) is 6.92 Å². The van der Waals surface area contributed by atoms with Crippen LogP contribution in [0, 0.1) is 0 Å². The van der Waals surface area contributed by atoms with Gasteiger partial charge in [-0.25, -0.2) is 4.98 Å². The molecule has 0 radical (unpaired) electrons. The Labute approximate surface area is 127 Å². The molecule has 0 aromatic carbocycles. The third-order valence-corrected chi connectivity index (χ3v) is 3.61. The minimum Gasteiger partial charge on any atom is -0.463 e. The largest absolute Gasteiger partial charge is 0.463 e. The number of nitrogens with one attached hydrogen (secondary N) is 1. The molecule has 7 heteroatoms. The highest BCUT2D eigenvalue weighted by Gasteiger charge is 2.12. The Balaban J connectivity index is 1.90. The normalized spacial score (nSPS) is 11.0. The van der Waals surface area contributed by atoms with E-state index in [1.807, 2.05) is 23.3 Å². The average Bonchev–Trinajstić information content (AvgIpc) is 3.09. The summed E-state index contributed by atoms with van der Waals surface area (Å²) < 4.78 is 5.26. The van der Waals surface area contributed by atoms with Crippen molar-refractivity contribution in [3.63, 3.8) is 0 Å². The summed E-state index contributed by atoms with van der Waals surface area (Å²) >= 11 is 1.36. The molecule has 2 aromatic rings. The lowest BCUT2D eigenvalue weighted by Crippen LogP contribution is -2.35. The molecule has 6 nitrogen and oxygen atoms in total. The Kier molecular flexibility index (Phi) is 5.91. The first-order chi connectivity index (χ1) is 10.2. The van der Waals surface area contributed by atoms with Crippen molar-refractivity contribution in [2.45, 2.75) is 13.3 Å². The molecule has 0 aliphatic heterocycles. The van der Waals surface area contributed by atoms with Crippen LogP contribution in [0.3, 0.4) is 0 Å². The van der Waals surface area contributed by atoms with Crippen LogP contribution in [0.1, 0.15) is 13.3 Å². The van der Waals surface area contributed by atoms with Crippen LogP contribution in [0.5, 0.6) is 0 Å². The highest BCUT2D eigenvalue weighted by atomic mass is 32.1. The molecular formula is C14H19N3O3S. The molecule has 2 heterocycles. The van der Waals surface area contributed by atoms with Crippen molar-refractivity contribution in [1.29, 1.82) is 0 Å². The van der Waals surface area contributed by atoms with Crippen molar-refractivity contribution in [3.8, 4) is 11.5 Å². The van der Waals surface area contributed by atoms with Crippen LogP contribution in [0.4, 0.5) is 5.13 Å². The van der Waals surface area contributed by atoms with Crippen molar-refractivity contribution in [1.82, 2.24) is 9.88 Å². The average molecular weight is 309 g/mol. The lowest BCUT2D eigenvalue weighted by atomic mass is 10.4. The number of hydrogen-bond acceptors (Lipinski definition) is 6. The molecule has 0 saturated carbocycles. The van der Waals surface area contributed by atoms with Gasteiger partial charge in [0.2, 0.25) is 5.91 Å². The van der Waals surface area contributed by atoms with Crippen molar-refractivity contribution in [3.05, 3.63) is 23.8 Å². The topological polar surface area (TPSA) is 78.6 Å². The number of hydrogen-bond donors (Lipinski definition) is 2. The van der Waals surface area contributed by atoms with Gasteiger partial charge in [0.05, 0.1) is 19.4 Å². The SMILES string of the molecule is CCCN(CCO)CC(=O)Nc1nc(-c2ccco2)cs1. The van der Waals surface area contributed by atoms with Gasteiger partial charge in [0.25, 0.3) is 0 Å². The highest BCUT2D eigenvalue weighted by molar-refractivity contribution is 7.14. The fraction of sp³-hybridized carbons (Fsp3) is 0.429. The molecule has 0 fully saturated rings. The quantitative estimate of drug-likeness (QED) is 0.780. The first-order valence-electron chi connectivity index (χ1n) is 6.85. The Morgan fingerprint density at radius 2 is 2.38 bits per heavy atom. The molecule has 2 rings (SSSR count). The molecule has 0 unspecified atom stereocenters. The summed E-state index contributed by atoms with van der Waals surface area (Å²) in [5.41, 5.74) is 0.709. The number of aromatic nitrogens is 1. The molecule has 2 aromatic heterocycles. The minimum atomic E-state index is -0.128. The van der Waals surface area contributed by atoms with Crippen molar-refractivity contribution >= 4 is 22.4 Å². The van der Waals surface area contributed by atoms with E-state index in [2.05, 4.69) is 10.3 Å². The molecule has 0 aliphatic carbocycles. The lowest BCUT2D eigenvalue weighted by molar-refractivity contribution is -0.117. The number of nitrogens with zero attached hydrogens (tertiary/aromatic N) is 2. The number of carbonyl (C=O) groups excluding carboxylic acids is 1. The summed E-state index contributed by atoms with van der Waals surface area (Å²) in [5, 5.41) is 14.1. The summed E-state index contributed by atoms with van der Waals surface area (Å²) in [4.78, 5) is 18.2. The van der Waals surface area contributed by atoms with Gasteiger partial charge in [-0.05, 0) is 25.1 Å². The van der Waals surface area contributed by atoms with Crippen LogP contribution in [0.15, 0.2) is 28.2 Å². The van der Waals surface area contributed by atoms with E-state index in [9.17, 15) is 4.79 Å². The summed E-state index contributed by atoms with van der Waals surface area (Å²) in [6.45, 7) is 3.62. The zero-order valence-corrected chi connectivity index (χ0v) is 12.7. The second-order valence-electron chi connectivity index (χ2n) is 4.56. The fourth-order valence-corrected chi connectivity index (χ4v) is 2.67. The molecular weight excluding hydrogens is 290 g/mol. The Hall–Kier alpha value is -1.70. The summed E-state index contributed by atoms with van der Waals surface area (Å²) in [7, 11) is 0. The minimum absolute atomic E-state index is 0.0488. The van der Waals surface area contributed by atoms with Gasteiger partial charge in [0, 0.05) is 11.9 Å². The van der Waals surface area contributed by atoms with Gasteiger partial charge < -0.3 is 14.8 Å². The third-order valence-electron chi connectivity index (χ3n) is 2.85. The number of thiazole rings is 1. The molecule has 0 saturated heterocycles. The molecule has 0 spiro atoms. The maximum atomic E-state index is 12.0. The summed E-state index contributed by atoms with van der Waals surface area (Å²) in [6, 6.07) is 3.62. The van der Waals surface area contributed by atoms with Gasteiger partial charge in [0.15, 0.2) is 10.9 Å². The number of aliphatic hydroxyl groups excluding tert-OH is 1. The zero-order valence-electron chi connectivity index (χ0n) is 11.9. The second kappa shape index (κ2) is 7.92. The van der Waals surface area contributed by atoms with Crippen LogP contribution in [0.2, 0.25) is 0 Å². The molecule has 2 N–H and O–H groups in total. The highest BCUT2D eigenvalue weighted by Crippen LogP contribution is 2.24. The van der Waals surface area contributed by atoms with E-state index in [-0.39, 0.29) is 19.1 Å². The number of amides is 1. The number of aliphatic hydroxyl groups is 1. The van der Waals surface area contributed by atoms with Crippen LogP contribution < -0.4 is 5.32 Å². The zero-order chi connectivity index (χ0) is 15.1. The van der Waals surface area contributed by atoms with E-state index in [1.54, 1.807) is 12.3 Å². The van der Waals surface area contributed by atoms with Gasteiger partial charge in [0.1, 0.15) is 5.69 Å². The molecule has 0 bridgehead atoms. The lowest BCUT2D eigenvalue weighted by Gasteiger charge is -2.19. The van der Waals surface area contributed by atoms with Gasteiger partial charge in [-0.3, -0.25) is 9.69 Å². The van der Waals surface area contributed by atoms with Crippen LogP contribution >= 0.6 is 11.3 Å². The second-order valence-corrected chi connectivity index (χ2v) is 5.42. The van der Waals surface area contributed by atoms with Crippen LogP contribution in [-0.4, -0.2) is 47.1 Å². The number of anilines is 1. The maximum Gasteiger partial charge on any atom is 0.240 e. The van der Waals surface area contributed by atoms with E-state index in [1.165, 1.54) is 11.3 Å². The molecule has 21 heavy (non-hydrogen) atoms. The molecule has 0 atom stereocenters. The van der Waals surface area contributed by atoms with E-state index in [0.29, 0.717) is 23.1 Å². The summed E-state index contributed by atoms with van der Waals surface area (Å²) in [6.07, 6.45) is 2.53. The van der Waals surface area contributed by atoms with Crippen molar-refractivity contribution in [2.75, 3.05) is 31.6 Å².